The first-order valence-electron chi connectivity index (χ1n) is 7.08. The summed E-state index contributed by atoms with van der Waals surface area (Å²) < 4.78 is 1.28. The third-order valence-corrected chi connectivity index (χ3v) is 6.51. The van der Waals surface area contributed by atoms with Gasteiger partial charge < -0.3 is 0 Å². The second-order valence-corrected chi connectivity index (χ2v) is 7.55. The zero-order chi connectivity index (χ0) is 12.5. The Morgan fingerprint density at radius 3 is 2.61 bits per heavy atom. The highest BCUT2D eigenvalue weighted by Gasteiger charge is 2.40. The van der Waals surface area contributed by atoms with Crippen LogP contribution in [0.1, 0.15) is 43.6 Å². The molecule has 0 heterocycles. The van der Waals surface area contributed by atoms with E-state index in [-0.39, 0.29) is 0 Å². The van der Waals surface area contributed by atoms with E-state index in [4.69, 9.17) is 0 Å². The summed E-state index contributed by atoms with van der Waals surface area (Å²) in [7, 11) is 0. The molecule has 0 nitrogen and oxygen atoms in total. The lowest BCUT2D eigenvalue weighted by Gasteiger charge is -2.26. The molecule has 3 rings (SSSR count). The minimum Gasteiger partial charge on any atom is -0.0921 e. The van der Waals surface area contributed by atoms with Crippen LogP contribution in [0.25, 0.3) is 0 Å². The molecule has 98 valence electrons. The van der Waals surface area contributed by atoms with Crippen molar-refractivity contribution in [1.29, 1.82) is 0 Å². The Morgan fingerprint density at radius 2 is 2.00 bits per heavy atom. The second kappa shape index (κ2) is 5.66. The van der Waals surface area contributed by atoms with Crippen LogP contribution >= 0.6 is 31.9 Å². The third kappa shape index (κ3) is 2.56. The van der Waals surface area contributed by atoms with Gasteiger partial charge in [0.25, 0.3) is 0 Å². The van der Waals surface area contributed by atoms with Gasteiger partial charge in [-0.15, -0.1) is 0 Å². The lowest BCUT2D eigenvalue weighted by atomic mass is 9.81. The molecule has 0 saturated heterocycles. The normalized spacial score (nSPS) is 31.8. The maximum absolute atomic E-state index is 3.73. The van der Waals surface area contributed by atoms with Gasteiger partial charge in [0.15, 0.2) is 0 Å². The number of hydrogen-bond acceptors (Lipinski definition) is 0. The zero-order valence-corrected chi connectivity index (χ0v) is 13.8. The summed E-state index contributed by atoms with van der Waals surface area (Å²) in [6.45, 7) is 0. The molecule has 0 amide bonds. The van der Waals surface area contributed by atoms with Gasteiger partial charge in [-0.2, -0.15) is 0 Å². The lowest BCUT2D eigenvalue weighted by molar-refractivity contribution is 0.300. The van der Waals surface area contributed by atoms with E-state index in [9.17, 15) is 0 Å². The van der Waals surface area contributed by atoms with Crippen molar-refractivity contribution < 1.29 is 0 Å². The molecule has 2 aliphatic carbocycles. The van der Waals surface area contributed by atoms with E-state index in [1.807, 2.05) is 0 Å². The fourth-order valence-corrected chi connectivity index (χ4v) is 5.33. The first-order valence-corrected chi connectivity index (χ1v) is 8.99. The van der Waals surface area contributed by atoms with Gasteiger partial charge in [0.1, 0.15) is 0 Å². The van der Waals surface area contributed by atoms with E-state index in [0.717, 1.165) is 23.1 Å². The van der Waals surface area contributed by atoms with Gasteiger partial charge in [0, 0.05) is 9.80 Å². The average Bonchev–Trinajstić information content (AvgIpc) is 2.99. The predicted octanol–water partition coefficient (Wildman–Crippen LogP) is 5.75. The maximum Gasteiger partial charge on any atom is 0.0210 e. The van der Waals surface area contributed by atoms with Crippen LogP contribution in [0.15, 0.2) is 28.7 Å². The van der Waals surface area contributed by atoms with Gasteiger partial charge in [-0.1, -0.05) is 56.5 Å². The van der Waals surface area contributed by atoms with Crippen LogP contribution in [0.5, 0.6) is 0 Å². The Morgan fingerprint density at radius 1 is 1.17 bits per heavy atom. The second-order valence-electron chi connectivity index (χ2n) is 6.04. The first kappa shape index (κ1) is 13.2. The molecule has 4 atom stereocenters. The zero-order valence-electron chi connectivity index (χ0n) is 10.6. The molecule has 0 radical (unpaired) electrons. The van der Waals surface area contributed by atoms with Crippen LogP contribution in [0.4, 0.5) is 0 Å². The molecule has 0 aromatic heterocycles. The van der Waals surface area contributed by atoms with E-state index in [1.54, 1.807) is 0 Å². The summed E-state index contributed by atoms with van der Waals surface area (Å²) >= 11 is 7.43. The molecule has 0 spiro atoms. The summed E-state index contributed by atoms with van der Waals surface area (Å²) in [5, 5.41) is 1.09. The monoisotopic (exact) mass is 370 g/mol. The third-order valence-electron chi connectivity index (χ3n) is 5.00. The quantitative estimate of drug-likeness (QED) is 0.590. The van der Waals surface area contributed by atoms with E-state index >= 15 is 0 Å². The summed E-state index contributed by atoms with van der Waals surface area (Å²) in [5.74, 6) is 3.76. The summed E-state index contributed by atoms with van der Waals surface area (Å²) in [4.78, 5) is 0. The average molecular weight is 372 g/mol. The Labute approximate surface area is 127 Å². The van der Waals surface area contributed by atoms with Gasteiger partial charge in [-0.05, 0) is 61.0 Å². The lowest BCUT2D eigenvalue weighted by Crippen LogP contribution is -2.15. The molecule has 18 heavy (non-hydrogen) atoms. The van der Waals surface area contributed by atoms with E-state index < -0.39 is 0 Å². The van der Waals surface area contributed by atoms with Crippen molar-refractivity contribution in [3.8, 4) is 0 Å². The van der Waals surface area contributed by atoms with Crippen LogP contribution in [0.3, 0.4) is 0 Å². The van der Waals surface area contributed by atoms with Crippen LogP contribution in [-0.2, 0) is 0 Å². The molecular formula is C16H20Br2. The highest BCUT2D eigenvalue weighted by molar-refractivity contribution is 9.10. The smallest absolute Gasteiger partial charge is 0.0210 e. The molecule has 2 bridgehead atoms. The molecule has 2 fully saturated rings. The van der Waals surface area contributed by atoms with E-state index in [1.165, 1.54) is 42.1 Å². The number of rotatable bonds is 4. The Bertz CT molecular complexity index is 415. The van der Waals surface area contributed by atoms with Crippen LogP contribution in [-0.4, -0.2) is 5.33 Å². The van der Waals surface area contributed by atoms with Gasteiger partial charge in [-0.3, -0.25) is 0 Å². The molecule has 2 aliphatic rings. The maximum atomic E-state index is 3.73. The number of hydrogen-bond donors (Lipinski definition) is 0. The summed E-state index contributed by atoms with van der Waals surface area (Å²) in [5.41, 5.74) is 1.48. The van der Waals surface area contributed by atoms with Crippen molar-refractivity contribution in [3.05, 3.63) is 34.3 Å². The van der Waals surface area contributed by atoms with Crippen molar-refractivity contribution in [2.75, 3.05) is 5.33 Å². The molecule has 0 aliphatic heterocycles. The van der Waals surface area contributed by atoms with Gasteiger partial charge in [0.2, 0.25) is 0 Å². The SMILES string of the molecule is BrCC(CC1CC2CCC1C2)c1ccccc1Br. The standard InChI is InChI=1S/C16H20Br2/c17-10-14(15-3-1-2-4-16(15)18)9-13-8-11-5-6-12(13)7-11/h1-4,11-14H,5-10H2. The van der Waals surface area contributed by atoms with Gasteiger partial charge >= 0.3 is 0 Å². The van der Waals surface area contributed by atoms with Crippen molar-refractivity contribution in [2.45, 2.75) is 38.0 Å². The molecule has 1 aromatic rings. The van der Waals surface area contributed by atoms with Gasteiger partial charge in [-0.25, -0.2) is 0 Å². The summed E-state index contributed by atoms with van der Waals surface area (Å²) in [6.07, 6.45) is 7.40. The molecule has 1 aromatic carbocycles. The highest BCUT2D eigenvalue weighted by Crippen LogP contribution is 2.51. The Kier molecular flexibility index (Phi) is 4.15. The van der Waals surface area contributed by atoms with Gasteiger partial charge in [0.05, 0.1) is 0 Å². The summed E-state index contributed by atoms with van der Waals surface area (Å²) in [6, 6.07) is 8.72. The molecule has 2 heteroatoms. The largest absolute Gasteiger partial charge is 0.0921 e. The Balaban J connectivity index is 1.72. The van der Waals surface area contributed by atoms with Crippen molar-refractivity contribution in [1.82, 2.24) is 0 Å². The van der Waals surface area contributed by atoms with Crippen LogP contribution in [0, 0.1) is 17.8 Å². The molecular weight excluding hydrogens is 352 g/mol. The number of fused-ring (bicyclic) bond motifs is 2. The number of benzene rings is 1. The minimum atomic E-state index is 0.671. The van der Waals surface area contributed by atoms with Crippen LogP contribution in [0.2, 0.25) is 0 Å². The Hall–Kier alpha value is 0.180. The van der Waals surface area contributed by atoms with E-state index in [0.29, 0.717) is 5.92 Å². The predicted molar refractivity (Wildman–Crippen MR) is 84.2 cm³/mol. The molecule has 0 N–H and O–H groups in total. The van der Waals surface area contributed by atoms with Crippen LogP contribution < -0.4 is 0 Å². The fraction of sp³-hybridized carbons (Fsp3) is 0.625. The first-order chi connectivity index (χ1) is 8.78. The van der Waals surface area contributed by atoms with E-state index in [2.05, 4.69) is 56.1 Å². The molecule has 4 unspecified atom stereocenters. The highest BCUT2D eigenvalue weighted by atomic mass is 79.9. The minimum absolute atomic E-state index is 0.671. The van der Waals surface area contributed by atoms with Crippen molar-refractivity contribution in [3.63, 3.8) is 0 Å². The topological polar surface area (TPSA) is 0 Å². The molecule has 2 saturated carbocycles. The van der Waals surface area contributed by atoms with Crippen molar-refractivity contribution in [2.24, 2.45) is 17.8 Å². The fourth-order valence-electron chi connectivity index (χ4n) is 4.11. The number of halogens is 2. The van der Waals surface area contributed by atoms with Crippen molar-refractivity contribution >= 4 is 31.9 Å². The number of alkyl halides is 1.